The summed E-state index contributed by atoms with van der Waals surface area (Å²) in [5, 5.41) is 2.81. The summed E-state index contributed by atoms with van der Waals surface area (Å²) in [6, 6.07) is 10.8. The molecule has 3 aromatic rings. The van der Waals surface area contributed by atoms with Gasteiger partial charge in [-0.05, 0) is 70.0 Å². The molecule has 6 nitrogen and oxygen atoms in total. The number of carbonyl (C=O) groups excluding carboxylic acids is 2. The van der Waals surface area contributed by atoms with Gasteiger partial charge in [-0.2, -0.15) is 0 Å². The molecule has 0 radical (unpaired) electrons. The second-order valence-electron chi connectivity index (χ2n) is 6.95. The summed E-state index contributed by atoms with van der Waals surface area (Å²) in [5.74, 6) is -0.959. The summed E-state index contributed by atoms with van der Waals surface area (Å²) in [6.45, 7) is 9.16. The molecule has 6 heteroatoms. The maximum Gasteiger partial charge on any atom is 0.338 e. The topological polar surface area (TPSA) is 81.2 Å². The van der Waals surface area contributed by atoms with Crippen molar-refractivity contribution >= 4 is 28.6 Å². The van der Waals surface area contributed by atoms with E-state index in [1.54, 1.807) is 25.1 Å². The minimum Gasteiger partial charge on any atom is -0.449 e. The molecule has 0 aliphatic carbocycles. The molecule has 0 spiro atoms. The molecule has 1 amide bonds. The molecule has 0 aliphatic heterocycles. The van der Waals surface area contributed by atoms with Crippen LogP contribution in [-0.4, -0.2) is 27.9 Å². The number of ether oxygens (including phenoxy) is 1. The Morgan fingerprint density at radius 3 is 2.32 bits per heavy atom. The number of nitrogens with one attached hydrogen (secondary N) is 1. The van der Waals surface area contributed by atoms with Gasteiger partial charge in [0.15, 0.2) is 6.10 Å². The van der Waals surface area contributed by atoms with Gasteiger partial charge in [-0.3, -0.25) is 4.79 Å². The van der Waals surface area contributed by atoms with Crippen molar-refractivity contribution in [3.63, 3.8) is 0 Å². The van der Waals surface area contributed by atoms with Crippen LogP contribution in [0, 0.1) is 27.7 Å². The van der Waals surface area contributed by atoms with Gasteiger partial charge in [-0.1, -0.05) is 12.1 Å². The van der Waals surface area contributed by atoms with Crippen molar-refractivity contribution in [3.05, 3.63) is 64.5 Å². The Morgan fingerprint density at radius 2 is 1.61 bits per heavy atom. The van der Waals surface area contributed by atoms with E-state index in [9.17, 15) is 9.59 Å². The molecule has 28 heavy (non-hydrogen) atoms. The number of rotatable bonds is 4. The number of nitrogens with zero attached hydrogens (tertiary/aromatic N) is 2. The molecule has 1 N–H and O–H groups in total. The first kappa shape index (κ1) is 19.5. The van der Waals surface area contributed by atoms with E-state index >= 15 is 0 Å². The van der Waals surface area contributed by atoms with E-state index in [2.05, 4.69) is 15.3 Å². The van der Waals surface area contributed by atoms with Crippen LogP contribution in [0.15, 0.2) is 36.4 Å². The van der Waals surface area contributed by atoms with Crippen LogP contribution in [0.3, 0.4) is 0 Å². The lowest BCUT2D eigenvalue weighted by molar-refractivity contribution is -0.123. The van der Waals surface area contributed by atoms with Gasteiger partial charge >= 0.3 is 5.97 Å². The molecule has 1 heterocycles. The number of amides is 1. The Kier molecular flexibility index (Phi) is 5.40. The van der Waals surface area contributed by atoms with E-state index in [0.717, 1.165) is 22.5 Å². The van der Waals surface area contributed by atoms with Gasteiger partial charge in [0.1, 0.15) is 0 Å². The zero-order valence-electron chi connectivity index (χ0n) is 16.7. The van der Waals surface area contributed by atoms with E-state index in [0.29, 0.717) is 22.3 Å². The largest absolute Gasteiger partial charge is 0.449 e. The van der Waals surface area contributed by atoms with Crippen LogP contribution in [-0.2, 0) is 9.53 Å². The smallest absolute Gasteiger partial charge is 0.338 e. The fraction of sp³-hybridized carbons (Fsp3) is 0.273. The number of aromatic nitrogens is 2. The van der Waals surface area contributed by atoms with Crippen LogP contribution in [0.2, 0.25) is 0 Å². The molecule has 0 fully saturated rings. The Labute approximate surface area is 164 Å². The third kappa shape index (κ3) is 4.17. The van der Waals surface area contributed by atoms with Crippen molar-refractivity contribution in [2.24, 2.45) is 0 Å². The van der Waals surface area contributed by atoms with Crippen LogP contribution in [0.4, 0.5) is 5.69 Å². The summed E-state index contributed by atoms with van der Waals surface area (Å²) in [5.41, 5.74) is 5.99. The zero-order valence-corrected chi connectivity index (χ0v) is 16.7. The van der Waals surface area contributed by atoms with Gasteiger partial charge in [-0.15, -0.1) is 0 Å². The molecule has 1 aromatic heterocycles. The van der Waals surface area contributed by atoms with Crippen molar-refractivity contribution in [1.82, 2.24) is 9.97 Å². The van der Waals surface area contributed by atoms with E-state index in [4.69, 9.17) is 4.74 Å². The molecule has 2 aromatic carbocycles. The lowest BCUT2D eigenvalue weighted by Crippen LogP contribution is -2.30. The zero-order chi connectivity index (χ0) is 20.4. The second-order valence-corrected chi connectivity index (χ2v) is 6.95. The maximum atomic E-state index is 12.5. The summed E-state index contributed by atoms with van der Waals surface area (Å²) in [7, 11) is 0. The minimum absolute atomic E-state index is 0.330. The van der Waals surface area contributed by atoms with Crippen LogP contribution >= 0.6 is 0 Å². The Morgan fingerprint density at radius 1 is 0.929 bits per heavy atom. The summed E-state index contributed by atoms with van der Waals surface area (Å²) in [6.07, 6.45) is -0.936. The van der Waals surface area contributed by atoms with Crippen LogP contribution in [0.1, 0.15) is 39.8 Å². The van der Waals surface area contributed by atoms with Crippen molar-refractivity contribution in [2.75, 3.05) is 5.32 Å². The third-order valence-electron chi connectivity index (χ3n) is 4.62. The first-order valence-electron chi connectivity index (χ1n) is 9.08. The van der Waals surface area contributed by atoms with Gasteiger partial charge < -0.3 is 10.1 Å². The van der Waals surface area contributed by atoms with Gasteiger partial charge in [0.05, 0.1) is 28.0 Å². The average Bonchev–Trinajstić information content (AvgIpc) is 2.65. The van der Waals surface area contributed by atoms with Crippen molar-refractivity contribution in [1.29, 1.82) is 0 Å². The van der Waals surface area contributed by atoms with Crippen LogP contribution in [0.5, 0.6) is 0 Å². The summed E-state index contributed by atoms with van der Waals surface area (Å²) in [4.78, 5) is 33.8. The highest BCUT2D eigenvalue weighted by atomic mass is 16.5. The quantitative estimate of drug-likeness (QED) is 0.694. The molecular formula is C22H23N3O3. The minimum atomic E-state index is -0.936. The first-order chi connectivity index (χ1) is 13.2. The molecule has 0 aliphatic rings. The van der Waals surface area contributed by atoms with Crippen molar-refractivity contribution < 1.29 is 14.3 Å². The van der Waals surface area contributed by atoms with E-state index < -0.39 is 12.1 Å². The number of esters is 1. The number of anilines is 1. The van der Waals surface area contributed by atoms with Crippen molar-refractivity contribution in [3.8, 4) is 0 Å². The van der Waals surface area contributed by atoms with Crippen LogP contribution < -0.4 is 5.32 Å². The SMILES string of the molecule is Cc1ccc(C)c(NC(=O)[C@@H](C)OC(=O)c2ccc3nc(C)c(C)nc3c2)c1. The lowest BCUT2D eigenvalue weighted by Gasteiger charge is -2.15. The monoisotopic (exact) mass is 377 g/mol. The highest BCUT2D eigenvalue weighted by molar-refractivity contribution is 5.98. The summed E-state index contributed by atoms with van der Waals surface area (Å²) < 4.78 is 5.34. The Bertz CT molecular complexity index is 1080. The Hall–Kier alpha value is -3.28. The number of benzene rings is 2. The lowest BCUT2D eigenvalue weighted by atomic mass is 10.1. The molecule has 0 saturated heterocycles. The number of hydrogen-bond donors (Lipinski definition) is 1. The number of hydrogen-bond acceptors (Lipinski definition) is 5. The van der Waals surface area contributed by atoms with Gasteiger partial charge in [0, 0.05) is 5.69 Å². The highest BCUT2D eigenvalue weighted by Crippen LogP contribution is 2.18. The molecule has 0 bridgehead atoms. The second kappa shape index (κ2) is 7.76. The maximum absolute atomic E-state index is 12.5. The number of fused-ring (bicyclic) bond motifs is 1. The Balaban J connectivity index is 1.72. The number of aryl methyl sites for hydroxylation is 4. The molecule has 0 saturated carbocycles. The fourth-order valence-electron chi connectivity index (χ4n) is 2.74. The fourth-order valence-corrected chi connectivity index (χ4v) is 2.74. The first-order valence-corrected chi connectivity index (χ1v) is 9.08. The van der Waals surface area contributed by atoms with E-state index in [1.165, 1.54) is 0 Å². The predicted octanol–water partition coefficient (Wildman–Crippen LogP) is 4.05. The average molecular weight is 377 g/mol. The van der Waals surface area contributed by atoms with Gasteiger partial charge in [0.25, 0.3) is 5.91 Å². The normalized spacial score (nSPS) is 11.9. The van der Waals surface area contributed by atoms with Crippen molar-refractivity contribution in [2.45, 2.75) is 40.7 Å². The molecule has 3 rings (SSSR count). The van der Waals surface area contributed by atoms with Crippen LogP contribution in [0.25, 0.3) is 11.0 Å². The van der Waals surface area contributed by atoms with E-state index in [-0.39, 0.29) is 5.91 Å². The predicted molar refractivity (Wildman–Crippen MR) is 108 cm³/mol. The molecule has 1 atom stereocenters. The molecule has 0 unspecified atom stereocenters. The summed E-state index contributed by atoms with van der Waals surface area (Å²) >= 11 is 0. The highest BCUT2D eigenvalue weighted by Gasteiger charge is 2.20. The number of carbonyl (C=O) groups is 2. The van der Waals surface area contributed by atoms with E-state index in [1.807, 2.05) is 45.9 Å². The molecule has 144 valence electrons. The van der Waals surface area contributed by atoms with Gasteiger partial charge in [-0.25, -0.2) is 14.8 Å². The standard InChI is InChI=1S/C22H23N3O3/c1-12-6-7-13(2)19(10-12)25-21(26)16(5)28-22(27)17-8-9-18-20(11-17)24-15(4)14(3)23-18/h6-11,16H,1-5H3,(H,25,26)/t16-/m1/s1. The molecular weight excluding hydrogens is 354 g/mol. The third-order valence-corrected chi connectivity index (χ3v) is 4.62. The van der Waals surface area contributed by atoms with Gasteiger partial charge in [0.2, 0.25) is 0 Å².